The predicted octanol–water partition coefficient (Wildman–Crippen LogP) is 2.90. The largest absolute Gasteiger partial charge is 0.496 e. The van der Waals surface area contributed by atoms with Crippen LogP contribution in [0.1, 0.15) is 22.7 Å². The number of carbonyl (C=O) groups excluding carboxylic acids is 1. The molecule has 1 aliphatic rings. The molecule has 138 valence electrons. The minimum Gasteiger partial charge on any atom is -0.496 e. The average molecular weight is 353 g/mol. The molecular weight excluding hydrogens is 326 g/mol. The molecule has 0 radical (unpaired) electrons. The summed E-state index contributed by atoms with van der Waals surface area (Å²) < 4.78 is 5.52. The van der Waals surface area contributed by atoms with Gasteiger partial charge in [-0.1, -0.05) is 24.3 Å². The van der Waals surface area contributed by atoms with E-state index in [0.29, 0.717) is 6.54 Å². The average Bonchev–Trinajstić information content (AvgIpc) is 2.65. The fourth-order valence-corrected chi connectivity index (χ4v) is 3.39. The van der Waals surface area contributed by atoms with Crippen LogP contribution < -0.4 is 15.4 Å². The van der Waals surface area contributed by atoms with Gasteiger partial charge in [0.1, 0.15) is 5.75 Å². The summed E-state index contributed by atoms with van der Waals surface area (Å²) in [6, 6.07) is 14.1. The number of anilines is 1. The first-order valence-corrected chi connectivity index (χ1v) is 9.03. The third-order valence-corrected chi connectivity index (χ3v) is 4.99. The second-order valence-electron chi connectivity index (χ2n) is 6.78. The van der Waals surface area contributed by atoms with Crippen LogP contribution in [0, 0.1) is 13.8 Å². The van der Waals surface area contributed by atoms with Crippen molar-refractivity contribution >= 4 is 11.6 Å². The van der Waals surface area contributed by atoms with Gasteiger partial charge in [-0.05, 0) is 43.2 Å². The Balaban J connectivity index is 1.71. The highest BCUT2D eigenvalue weighted by atomic mass is 16.5. The Hall–Kier alpha value is -2.37. The van der Waals surface area contributed by atoms with Gasteiger partial charge >= 0.3 is 0 Å². The minimum atomic E-state index is 0.00931. The van der Waals surface area contributed by atoms with Gasteiger partial charge in [-0.25, -0.2) is 0 Å². The summed E-state index contributed by atoms with van der Waals surface area (Å²) in [6.07, 6.45) is 0. The molecule has 5 heteroatoms. The van der Waals surface area contributed by atoms with E-state index in [1.165, 1.54) is 11.1 Å². The lowest BCUT2D eigenvalue weighted by Crippen LogP contribution is -2.48. The molecule has 26 heavy (non-hydrogen) atoms. The molecule has 1 heterocycles. The number of aryl methyl sites for hydroxylation is 2. The van der Waals surface area contributed by atoms with E-state index < -0.39 is 0 Å². The fraction of sp³-hybridized carbons (Fsp3) is 0.381. The molecule has 1 saturated heterocycles. The molecule has 0 aliphatic carbocycles. The summed E-state index contributed by atoms with van der Waals surface area (Å²) in [7, 11) is 1.69. The maximum atomic E-state index is 12.6. The number of nitrogens with zero attached hydrogens (tertiary/aromatic N) is 1. The van der Waals surface area contributed by atoms with Gasteiger partial charge in [0, 0.05) is 30.9 Å². The van der Waals surface area contributed by atoms with Gasteiger partial charge in [0.25, 0.3) is 0 Å². The number of amides is 1. The molecule has 1 amide bonds. The van der Waals surface area contributed by atoms with Crippen LogP contribution >= 0.6 is 0 Å². The van der Waals surface area contributed by atoms with Crippen LogP contribution in [0.3, 0.4) is 0 Å². The maximum Gasteiger partial charge on any atom is 0.238 e. The van der Waals surface area contributed by atoms with E-state index in [9.17, 15) is 4.79 Å². The van der Waals surface area contributed by atoms with Crippen LogP contribution in [0.2, 0.25) is 0 Å². The highest BCUT2D eigenvalue weighted by molar-refractivity contribution is 5.92. The monoisotopic (exact) mass is 353 g/mol. The topological polar surface area (TPSA) is 53.6 Å². The van der Waals surface area contributed by atoms with Crippen molar-refractivity contribution in [2.45, 2.75) is 19.9 Å². The minimum absolute atomic E-state index is 0.00931. The van der Waals surface area contributed by atoms with Gasteiger partial charge in [0.2, 0.25) is 5.91 Å². The smallest absolute Gasteiger partial charge is 0.238 e. The highest BCUT2D eigenvalue weighted by Crippen LogP contribution is 2.30. The lowest BCUT2D eigenvalue weighted by Gasteiger charge is -2.36. The molecule has 5 nitrogen and oxygen atoms in total. The SMILES string of the molecule is COc1ccccc1C1CNCCN1CC(=O)Nc1ccc(C)c(C)c1. The second kappa shape index (κ2) is 8.34. The lowest BCUT2D eigenvalue weighted by atomic mass is 10.0. The molecule has 2 aromatic rings. The number of carbonyl (C=O) groups is 1. The van der Waals surface area contributed by atoms with Gasteiger partial charge in [0.05, 0.1) is 19.7 Å². The Labute approximate surface area is 155 Å². The van der Waals surface area contributed by atoms with Crippen LogP contribution in [0.4, 0.5) is 5.69 Å². The van der Waals surface area contributed by atoms with Crippen molar-refractivity contribution in [3.05, 3.63) is 59.2 Å². The van der Waals surface area contributed by atoms with Gasteiger partial charge in [0.15, 0.2) is 0 Å². The molecule has 0 bridgehead atoms. The number of hydrogen-bond donors (Lipinski definition) is 2. The lowest BCUT2D eigenvalue weighted by molar-refractivity contribution is -0.118. The molecule has 1 aliphatic heterocycles. The van der Waals surface area contributed by atoms with Gasteiger partial charge in [-0.2, -0.15) is 0 Å². The molecule has 3 rings (SSSR count). The number of benzene rings is 2. The summed E-state index contributed by atoms with van der Waals surface area (Å²) in [6.45, 7) is 6.98. The zero-order valence-electron chi connectivity index (χ0n) is 15.7. The molecule has 0 saturated carbocycles. The fourth-order valence-electron chi connectivity index (χ4n) is 3.39. The highest BCUT2D eigenvalue weighted by Gasteiger charge is 2.27. The second-order valence-corrected chi connectivity index (χ2v) is 6.78. The molecule has 0 spiro atoms. The third kappa shape index (κ3) is 4.23. The van der Waals surface area contributed by atoms with Crippen molar-refractivity contribution in [3.8, 4) is 5.75 Å². The normalized spacial score (nSPS) is 17.7. The Kier molecular flexibility index (Phi) is 5.91. The van der Waals surface area contributed by atoms with Crippen molar-refractivity contribution < 1.29 is 9.53 Å². The van der Waals surface area contributed by atoms with E-state index >= 15 is 0 Å². The summed E-state index contributed by atoms with van der Waals surface area (Å²) in [5, 5.41) is 6.45. The summed E-state index contributed by atoms with van der Waals surface area (Å²) in [4.78, 5) is 14.8. The molecule has 1 atom stereocenters. The third-order valence-electron chi connectivity index (χ3n) is 4.99. The zero-order chi connectivity index (χ0) is 18.5. The number of rotatable bonds is 5. The van der Waals surface area contributed by atoms with Crippen molar-refractivity contribution in [2.24, 2.45) is 0 Å². The Morgan fingerprint density at radius 3 is 2.81 bits per heavy atom. The van der Waals surface area contributed by atoms with E-state index in [0.717, 1.165) is 36.6 Å². The summed E-state index contributed by atoms with van der Waals surface area (Å²) in [5.74, 6) is 0.871. The van der Waals surface area contributed by atoms with E-state index in [2.05, 4.69) is 35.4 Å². The number of piperazine rings is 1. The van der Waals surface area contributed by atoms with Crippen molar-refractivity contribution in [2.75, 3.05) is 38.6 Å². The molecule has 2 N–H and O–H groups in total. The summed E-state index contributed by atoms with van der Waals surface area (Å²) in [5.41, 5.74) is 4.36. The number of hydrogen-bond acceptors (Lipinski definition) is 4. The molecule has 2 aromatic carbocycles. The standard InChI is InChI=1S/C21H27N3O2/c1-15-8-9-17(12-16(15)2)23-21(25)14-24-11-10-22-13-19(24)18-6-4-5-7-20(18)26-3/h4-9,12,19,22H,10-11,13-14H2,1-3H3,(H,23,25). The number of nitrogens with one attached hydrogen (secondary N) is 2. The predicted molar refractivity (Wildman–Crippen MR) is 105 cm³/mol. The maximum absolute atomic E-state index is 12.6. The van der Waals surface area contributed by atoms with Crippen molar-refractivity contribution in [1.29, 1.82) is 0 Å². The molecule has 1 unspecified atom stereocenters. The quantitative estimate of drug-likeness (QED) is 0.868. The van der Waals surface area contributed by atoms with Gasteiger partial charge in [-0.15, -0.1) is 0 Å². The molecule has 1 fully saturated rings. The Bertz CT molecular complexity index is 776. The number of methoxy groups -OCH3 is 1. The molecule has 0 aromatic heterocycles. The number of para-hydroxylation sites is 1. The van der Waals surface area contributed by atoms with E-state index in [1.807, 2.05) is 36.4 Å². The summed E-state index contributed by atoms with van der Waals surface area (Å²) >= 11 is 0. The van der Waals surface area contributed by atoms with Crippen LogP contribution in [0.15, 0.2) is 42.5 Å². The van der Waals surface area contributed by atoms with E-state index in [4.69, 9.17) is 4.74 Å². The number of ether oxygens (including phenoxy) is 1. The van der Waals surface area contributed by atoms with E-state index in [1.54, 1.807) is 7.11 Å². The first-order valence-electron chi connectivity index (χ1n) is 9.03. The van der Waals surface area contributed by atoms with Crippen LogP contribution in [0.5, 0.6) is 5.75 Å². The van der Waals surface area contributed by atoms with Crippen molar-refractivity contribution in [3.63, 3.8) is 0 Å². The van der Waals surface area contributed by atoms with Crippen LogP contribution in [-0.4, -0.2) is 44.1 Å². The van der Waals surface area contributed by atoms with Crippen molar-refractivity contribution in [1.82, 2.24) is 10.2 Å². The molecular formula is C21H27N3O2. The van der Waals surface area contributed by atoms with Gasteiger partial charge in [-0.3, -0.25) is 9.69 Å². The van der Waals surface area contributed by atoms with Gasteiger partial charge < -0.3 is 15.4 Å². The zero-order valence-corrected chi connectivity index (χ0v) is 15.7. The first kappa shape index (κ1) is 18.4. The Morgan fingerprint density at radius 2 is 2.04 bits per heavy atom. The van der Waals surface area contributed by atoms with Crippen LogP contribution in [0.25, 0.3) is 0 Å². The van der Waals surface area contributed by atoms with E-state index in [-0.39, 0.29) is 11.9 Å². The Morgan fingerprint density at radius 1 is 1.23 bits per heavy atom. The first-order chi connectivity index (χ1) is 12.6. The van der Waals surface area contributed by atoms with Crippen LogP contribution in [-0.2, 0) is 4.79 Å².